The average molecular weight is 387 g/mol. The van der Waals surface area contributed by atoms with E-state index in [2.05, 4.69) is 15.6 Å². The number of aryl methyl sites for hydroxylation is 1. The summed E-state index contributed by atoms with van der Waals surface area (Å²) < 4.78 is 0. The molecular formula is C23H21N3O3. The summed E-state index contributed by atoms with van der Waals surface area (Å²) in [5.41, 5.74) is 3.71. The van der Waals surface area contributed by atoms with Crippen molar-refractivity contribution in [3.63, 3.8) is 0 Å². The topological polar surface area (TPSA) is 88.2 Å². The van der Waals surface area contributed by atoms with Crippen molar-refractivity contribution in [2.75, 3.05) is 5.32 Å². The summed E-state index contributed by atoms with van der Waals surface area (Å²) in [6.45, 7) is 3.85. The average Bonchev–Trinajstić information content (AvgIpc) is 2.72. The van der Waals surface area contributed by atoms with Crippen LogP contribution in [0.5, 0.6) is 0 Å². The number of hydrogen-bond donors (Lipinski definition) is 2. The van der Waals surface area contributed by atoms with E-state index < -0.39 is 0 Å². The molecule has 0 bridgehead atoms. The van der Waals surface area contributed by atoms with Gasteiger partial charge in [-0.15, -0.1) is 0 Å². The van der Waals surface area contributed by atoms with Gasteiger partial charge in [0.1, 0.15) is 5.69 Å². The van der Waals surface area contributed by atoms with Crippen molar-refractivity contribution in [3.05, 3.63) is 94.8 Å². The van der Waals surface area contributed by atoms with Crippen molar-refractivity contribution in [2.24, 2.45) is 0 Å². The van der Waals surface area contributed by atoms with Crippen LogP contribution in [0.2, 0.25) is 0 Å². The lowest BCUT2D eigenvalue weighted by atomic mass is 10.1. The van der Waals surface area contributed by atoms with E-state index in [1.807, 2.05) is 31.2 Å². The molecule has 1 aromatic heterocycles. The number of nitrogens with zero attached hydrogens (tertiary/aromatic N) is 1. The second kappa shape index (κ2) is 8.93. The third-order valence-electron chi connectivity index (χ3n) is 4.34. The van der Waals surface area contributed by atoms with E-state index in [4.69, 9.17) is 0 Å². The van der Waals surface area contributed by atoms with Gasteiger partial charge >= 0.3 is 0 Å². The van der Waals surface area contributed by atoms with Gasteiger partial charge in [0, 0.05) is 29.6 Å². The smallest absolute Gasteiger partial charge is 0.270 e. The van der Waals surface area contributed by atoms with E-state index >= 15 is 0 Å². The van der Waals surface area contributed by atoms with Crippen molar-refractivity contribution in [1.29, 1.82) is 0 Å². The van der Waals surface area contributed by atoms with Gasteiger partial charge in [-0.2, -0.15) is 0 Å². The lowest BCUT2D eigenvalue weighted by Crippen LogP contribution is -2.24. The molecule has 0 saturated carbocycles. The Bertz CT molecular complexity index is 1060. The maximum absolute atomic E-state index is 12.5. The van der Waals surface area contributed by atoms with Crippen molar-refractivity contribution in [2.45, 2.75) is 20.4 Å². The lowest BCUT2D eigenvalue weighted by molar-refractivity contribution is 0.0945. The Morgan fingerprint density at radius 1 is 0.897 bits per heavy atom. The second-order valence-corrected chi connectivity index (χ2v) is 6.69. The Labute approximate surface area is 169 Å². The summed E-state index contributed by atoms with van der Waals surface area (Å²) in [7, 11) is 0. The number of anilines is 1. The molecule has 6 heteroatoms. The largest absolute Gasteiger partial charge is 0.347 e. The molecule has 3 rings (SSSR count). The van der Waals surface area contributed by atoms with Crippen molar-refractivity contribution in [3.8, 4) is 0 Å². The number of carbonyl (C=O) groups excluding carboxylic acids is 3. The van der Waals surface area contributed by atoms with Crippen molar-refractivity contribution < 1.29 is 14.4 Å². The SMILES string of the molecule is CC(=O)c1ccc(NC(=O)c2ccnc(C(=O)NCc3cccc(C)c3)c2)cc1. The number of nitrogens with one attached hydrogen (secondary N) is 2. The van der Waals surface area contributed by atoms with Crippen LogP contribution in [0.25, 0.3) is 0 Å². The maximum Gasteiger partial charge on any atom is 0.270 e. The molecule has 0 aliphatic carbocycles. The standard InChI is InChI=1S/C23H21N3O3/c1-15-4-3-5-17(12-15)14-25-23(29)21-13-19(10-11-24-21)22(28)26-20-8-6-18(7-9-20)16(2)27/h3-13H,14H2,1-2H3,(H,25,29)(H,26,28). The molecule has 0 fully saturated rings. The first-order valence-corrected chi connectivity index (χ1v) is 9.14. The summed E-state index contributed by atoms with van der Waals surface area (Å²) >= 11 is 0. The van der Waals surface area contributed by atoms with Crippen molar-refractivity contribution in [1.82, 2.24) is 10.3 Å². The predicted octanol–water partition coefficient (Wildman–Crippen LogP) is 3.77. The normalized spacial score (nSPS) is 10.3. The Balaban J connectivity index is 1.65. The fraction of sp³-hybridized carbons (Fsp3) is 0.130. The van der Waals surface area contributed by atoms with Gasteiger partial charge in [0.15, 0.2) is 5.78 Å². The monoisotopic (exact) mass is 387 g/mol. The summed E-state index contributed by atoms with van der Waals surface area (Å²) in [5, 5.41) is 5.55. The van der Waals surface area contributed by atoms with E-state index in [0.29, 0.717) is 23.4 Å². The van der Waals surface area contributed by atoms with Crippen LogP contribution in [0.3, 0.4) is 0 Å². The number of ketones is 1. The molecule has 2 aromatic carbocycles. The molecule has 146 valence electrons. The highest BCUT2D eigenvalue weighted by Gasteiger charge is 2.12. The van der Waals surface area contributed by atoms with E-state index in [0.717, 1.165) is 11.1 Å². The summed E-state index contributed by atoms with van der Waals surface area (Å²) in [6, 6.07) is 17.4. The molecule has 6 nitrogen and oxygen atoms in total. The molecule has 0 radical (unpaired) electrons. The molecular weight excluding hydrogens is 366 g/mol. The van der Waals surface area contributed by atoms with Crippen LogP contribution in [-0.2, 0) is 6.54 Å². The number of aromatic nitrogens is 1. The first-order chi connectivity index (χ1) is 13.9. The molecule has 0 aliphatic rings. The maximum atomic E-state index is 12.5. The molecule has 2 N–H and O–H groups in total. The molecule has 0 atom stereocenters. The Morgan fingerprint density at radius 3 is 2.34 bits per heavy atom. The minimum absolute atomic E-state index is 0.0432. The van der Waals surface area contributed by atoms with Crippen molar-refractivity contribution >= 4 is 23.3 Å². The molecule has 3 aromatic rings. The molecule has 0 aliphatic heterocycles. The molecule has 2 amide bonds. The molecule has 0 unspecified atom stereocenters. The van der Waals surface area contributed by atoms with Gasteiger partial charge in [0.2, 0.25) is 0 Å². The zero-order chi connectivity index (χ0) is 20.8. The van der Waals surface area contributed by atoms with Gasteiger partial charge in [-0.25, -0.2) is 0 Å². The summed E-state index contributed by atoms with van der Waals surface area (Å²) in [4.78, 5) is 40.3. The highest BCUT2D eigenvalue weighted by atomic mass is 16.2. The Kier molecular flexibility index (Phi) is 6.14. The zero-order valence-corrected chi connectivity index (χ0v) is 16.2. The number of pyridine rings is 1. The fourth-order valence-electron chi connectivity index (χ4n) is 2.78. The Morgan fingerprint density at radius 2 is 1.66 bits per heavy atom. The first kappa shape index (κ1) is 19.9. The molecule has 29 heavy (non-hydrogen) atoms. The highest BCUT2D eigenvalue weighted by Crippen LogP contribution is 2.12. The van der Waals surface area contributed by atoms with Gasteiger partial charge in [0.25, 0.3) is 11.8 Å². The third kappa shape index (κ3) is 5.35. The number of rotatable bonds is 6. The quantitative estimate of drug-likeness (QED) is 0.630. The predicted molar refractivity (Wildman–Crippen MR) is 111 cm³/mol. The van der Waals surface area contributed by atoms with Crippen LogP contribution in [-0.4, -0.2) is 22.6 Å². The number of amides is 2. The van der Waals surface area contributed by atoms with Crippen LogP contribution in [0.1, 0.15) is 49.3 Å². The first-order valence-electron chi connectivity index (χ1n) is 9.14. The van der Waals surface area contributed by atoms with Gasteiger partial charge < -0.3 is 10.6 Å². The van der Waals surface area contributed by atoms with Gasteiger partial charge in [-0.05, 0) is 55.8 Å². The zero-order valence-electron chi connectivity index (χ0n) is 16.2. The van der Waals surface area contributed by atoms with Gasteiger partial charge in [-0.3, -0.25) is 19.4 Å². The molecule has 0 saturated heterocycles. The van der Waals surface area contributed by atoms with Crippen LogP contribution < -0.4 is 10.6 Å². The van der Waals surface area contributed by atoms with E-state index in [1.165, 1.54) is 25.3 Å². The van der Waals surface area contributed by atoms with Crippen LogP contribution >= 0.6 is 0 Å². The Hall–Kier alpha value is -3.80. The number of carbonyl (C=O) groups is 3. The number of Topliss-reactive ketones (excluding diaryl/α,β-unsaturated/α-hetero) is 1. The third-order valence-corrected chi connectivity index (χ3v) is 4.34. The van der Waals surface area contributed by atoms with E-state index in [1.54, 1.807) is 24.3 Å². The summed E-state index contributed by atoms with van der Waals surface area (Å²) in [5.74, 6) is -0.763. The molecule has 1 heterocycles. The van der Waals surface area contributed by atoms with Crippen LogP contribution in [0.4, 0.5) is 5.69 Å². The lowest BCUT2D eigenvalue weighted by Gasteiger charge is -2.08. The van der Waals surface area contributed by atoms with Gasteiger partial charge in [0.05, 0.1) is 0 Å². The molecule has 0 spiro atoms. The van der Waals surface area contributed by atoms with Crippen LogP contribution in [0.15, 0.2) is 66.9 Å². The van der Waals surface area contributed by atoms with Crippen LogP contribution in [0, 0.1) is 6.92 Å². The highest BCUT2D eigenvalue weighted by molar-refractivity contribution is 6.06. The minimum atomic E-state index is -0.365. The van der Waals surface area contributed by atoms with E-state index in [-0.39, 0.29) is 23.3 Å². The second-order valence-electron chi connectivity index (χ2n) is 6.69. The fourth-order valence-corrected chi connectivity index (χ4v) is 2.78. The number of benzene rings is 2. The van der Waals surface area contributed by atoms with Gasteiger partial charge in [-0.1, -0.05) is 29.8 Å². The minimum Gasteiger partial charge on any atom is -0.347 e. The number of hydrogen-bond acceptors (Lipinski definition) is 4. The van der Waals surface area contributed by atoms with E-state index in [9.17, 15) is 14.4 Å². The summed E-state index contributed by atoms with van der Waals surface area (Å²) in [6.07, 6.45) is 1.43.